The number of piperidine rings is 1. The molecule has 142 valence electrons. The number of aliphatic hydroxyl groups excluding tert-OH is 1. The van der Waals surface area contributed by atoms with Crippen LogP contribution in [0.25, 0.3) is 0 Å². The summed E-state index contributed by atoms with van der Waals surface area (Å²) in [5, 5.41) is 20.4. The Hall–Kier alpha value is -2.37. The summed E-state index contributed by atoms with van der Waals surface area (Å²) >= 11 is 5.89. The number of carboxylic acid groups (broad SMARTS) is 1. The normalized spacial score (nSPS) is 16.2. The third kappa shape index (κ3) is 4.49. The molecule has 1 amide bonds. The predicted molar refractivity (Wildman–Crippen MR) is 103 cm³/mol. The summed E-state index contributed by atoms with van der Waals surface area (Å²) in [7, 11) is 0. The van der Waals surface area contributed by atoms with Gasteiger partial charge < -0.3 is 15.1 Å². The smallest absolute Gasteiger partial charge is 0.335 e. The van der Waals surface area contributed by atoms with Crippen molar-refractivity contribution in [1.29, 1.82) is 0 Å². The topological polar surface area (TPSA) is 77.8 Å². The Morgan fingerprint density at radius 3 is 2.26 bits per heavy atom. The van der Waals surface area contributed by atoms with Gasteiger partial charge in [0.1, 0.15) is 0 Å². The molecule has 6 heteroatoms. The van der Waals surface area contributed by atoms with Gasteiger partial charge >= 0.3 is 5.97 Å². The summed E-state index contributed by atoms with van der Waals surface area (Å²) < 4.78 is 0. The number of rotatable bonds is 4. The van der Waals surface area contributed by atoms with Gasteiger partial charge in [-0.1, -0.05) is 23.7 Å². The van der Waals surface area contributed by atoms with Crippen molar-refractivity contribution in [3.8, 4) is 0 Å². The van der Waals surface area contributed by atoms with Crippen LogP contribution < -0.4 is 0 Å². The first-order valence-electron chi connectivity index (χ1n) is 8.93. The number of aromatic carboxylic acids is 1. The van der Waals surface area contributed by atoms with Gasteiger partial charge in [-0.05, 0) is 67.1 Å². The van der Waals surface area contributed by atoms with Gasteiger partial charge in [0.05, 0.1) is 11.7 Å². The van der Waals surface area contributed by atoms with Crippen LogP contribution in [0.15, 0.2) is 42.5 Å². The van der Waals surface area contributed by atoms with Gasteiger partial charge in [0, 0.05) is 23.7 Å². The highest BCUT2D eigenvalue weighted by Gasteiger charge is 2.29. The first-order valence-corrected chi connectivity index (χ1v) is 9.30. The second-order valence-corrected chi connectivity index (χ2v) is 7.46. The number of halogens is 1. The Kier molecular flexibility index (Phi) is 5.82. The van der Waals surface area contributed by atoms with E-state index in [0.29, 0.717) is 36.5 Å². The summed E-state index contributed by atoms with van der Waals surface area (Å²) in [5.74, 6) is -1.14. The minimum atomic E-state index is -1.04. The quantitative estimate of drug-likeness (QED) is 0.833. The molecule has 0 saturated carbocycles. The number of carboxylic acids is 1. The number of carbonyl (C=O) groups excluding carboxylic acids is 1. The van der Waals surface area contributed by atoms with Crippen LogP contribution in [0.2, 0.25) is 5.02 Å². The van der Waals surface area contributed by atoms with Crippen LogP contribution in [-0.4, -0.2) is 40.1 Å². The third-order valence-electron chi connectivity index (χ3n) is 5.06. The lowest BCUT2D eigenvalue weighted by atomic mass is 9.87. The molecule has 0 bridgehead atoms. The lowest BCUT2D eigenvalue weighted by Gasteiger charge is -2.34. The van der Waals surface area contributed by atoms with Crippen molar-refractivity contribution in [3.05, 3.63) is 69.7 Å². The van der Waals surface area contributed by atoms with E-state index in [1.165, 1.54) is 6.07 Å². The summed E-state index contributed by atoms with van der Waals surface area (Å²) in [6.45, 7) is 2.84. The first-order chi connectivity index (χ1) is 12.8. The Morgan fingerprint density at radius 2 is 1.67 bits per heavy atom. The maximum absolute atomic E-state index is 12.8. The number of hydrogen-bond donors (Lipinski definition) is 2. The average Bonchev–Trinajstić information content (AvgIpc) is 2.67. The number of benzene rings is 2. The molecule has 1 atom stereocenters. The Balaban J connectivity index is 1.66. The van der Waals surface area contributed by atoms with E-state index in [0.717, 1.165) is 11.1 Å². The van der Waals surface area contributed by atoms with E-state index in [2.05, 4.69) is 0 Å². The number of nitrogens with zero attached hydrogens (tertiary/aromatic N) is 1. The molecular formula is C21H22ClNO4. The summed E-state index contributed by atoms with van der Waals surface area (Å²) in [6.07, 6.45) is 0.789. The minimum Gasteiger partial charge on any atom is -0.478 e. The number of amides is 1. The third-order valence-corrected chi connectivity index (χ3v) is 5.31. The van der Waals surface area contributed by atoms with Crippen molar-refractivity contribution in [2.75, 3.05) is 13.1 Å². The van der Waals surface area contributed by atoms with Crippen LogP contribution in [0.4, 0.5) is 0 Å². The molecule has 0 radical (unpaired) electrons. The lowest BCUT2D eigenvalue weighted by Crippen LogP contribution is -2.39. The number of aliphatic hydroxyl groups is 1. The van der Waals surface area contributed by atoms with Gasteiger partial charge in [0.15, 0.2) is 0 Å². The SMILES string of the molecule is Cc1cc(C(=O)O)cc(C(=O)N2CCC(C(O)c3ccc(Cl)cc3)CC2)c1. The van der Waals surface area contributed by atoms with E-state index in [9.17, 15) is 19.8 Å². The zero-order chi connectivity index (χ0) is 19.6. The molecule has 1 aliphatic rings. The van der Waals surface area contributed by atoms with Crippen molar-refractivity contribution < 1.29 is 19.8 Å². The van der Waals surface area contributed by atoms with E-state index >= 15 is 0 Å². The molecule has 0 aliphatic carbocycles. The second-order valence-electron chi connectivity index (χ2n) is 7.02. The Bertz CT molecular complexity index is 842. The number of hydrogen-bond acceptors (Lipinski definition) is 3. The van der Waals surface area contributed by atoms with E-state index in [1.54, 1.807) is 36.1 Å². The molecule has 1 fully saturated rings. The molecule has 27 heavy (non-hydrogen) atoms. The molecule has 2 aromatic rings. The van der Waals surface area contributed by atoms with Gasteiger partial charge in [-0.25, -0.2) is 4.79 Å². The van der Waals surface area contributed by atoms with Crippen molar-refractivity contribution in [2.45, 2.75) is 25.9 Å². The molecule has 1 saturated heterocycles. The van der Waals surface area contributed by atoms with Crippen LogP contribution in [-0.2, 0) is 0 Å². The summed E-state index contributed by atoms with van der Waals surface area (Å²) in [6, 6.07) is 11.9. The molecule has 2 N–H and O–H groups in total. The van der Waals surface area contributed by atoms with Crippen molar-refractivity contribution in [3.63, 3.8) is 0 Å². The molecule has 1 heterocycles. The lowest BCUT2D eigenvalue weighted by molar-refractivity contribution is 0.0462. The summed E-state index contributed by atoms with van der Waals surface area (Å²) in [4.78, 5) is 25.7. The minimum absolute atomic E-state index is 0.0716. The van der Waals surface area contributed by atoms with Crippen LogP contribution in [0.3, 0.4) is 0 Å². The maximum Gasteiger partial charge on any atom is 0.335 e. The molecule has 1 unspecified atom stereocenters. The van der Waals surface area contributed by atoms with Crippen molar-refractivity contribution in [1.82, 2.24) is 4.90 Å². The molecule has 5 nitrogen and oxygen atoms in total. The van der Waals surface area contributed by atoms with Gasteiger partial charge in [0.25, 0.3) is 5.91 Å². The van der Waals surface area contributed by atoms with Crippen LogP contribution in [0, 0.1) is 12.8 Å². The highest BCUT2D eigenvalue weighted by Crippen LogP contribution is 2.31. The fourth-order valence-electron chi connectivity index (χ4n) is 3.56. The zero-order valence-electron chi connectivity index (χ0n) is 15.1. The molecule has 3 rings (SSSR count). The fourth-order valence-corrected chi connectivity index (χ4v) is 3.69. The van der Waals surface area contributed by atoms with Crippen molar-refractivity contribution in [2.24, 2.45) is 5.92 Å². The first kappa shape index (κ1) is 19.4. The monoisotopic (exact) mass is 387 g/mol. The van der Waals surface area contributed by atoms with E-state index in [4.69, 9.17) is 11.6 Å². The number of carbonyl (C=O) groups is 2. The summed E-state index contributed by atoms with van der Waals surface area (Å²) in [5.41, 5.74) is 2.08. The standard InChI is InChI=1S/C21H22ClNO4/c1-13-10-16(12-17(11-13)21(26)27)20(25)23-8-6-15(7-9-23)19(24)14-2-4-18(22)5-3-14/h2-5,10-12,15,19,24H,6-9H2,1H3,(H,26,27). The maximum atomic E-state index is 12.8. The van der Waals surface area contributed by atoms with Crippen LogP contribution in [0.1, 0.15) is 50.8 Å². The molecular weight excluding hydrogens is 366 g/mol. The Morgan fingerprint density at radius 1 is 1.07 bits per heavy atom. The number of aryl methyl sites for hydroxylation is 1. The van der Waals surface area contributed by atoms with E-state index in [1.807, 2.05) is 12.1 Å². The van der Waals surface area contributed by atoms with Crippen LogP contribution in [0.5, 0.6) is 0 Å². The average molecular weight is 388 g/mol. The van der Waals surface area contributed by atoms with Crippen LogP contribution >= 0.6 is 11.6 Å². The van der Waals surface area contributed by atoms with E-state index in [-0.39, 0.29) is 17.4 Å². The van der Waals surface area contributed by atoms with Crippen molar-refractivity contribution >= 4 is 23.5 Å². The zero-order valence-corrected chi connectivity index (χ0v) is 15.8. The highest BCUT2D eigenvalue weighted by molar-refractivity contribution is 6.30. The van der Waals surface area contributed by atoms with Gasteiger partial charge in [0.2, 0.25) is 0 Å². The number of likely N-dealkylation sites (tertiary alicyclic amines) is 1. The Labute approximate surface area is 163 Å². The fraction of sp³-hybridized carbons (Fsp3) is 0.333. The van der Waals surface area contributed by atoms with Gasteiger partial charge in [-0.15, -0.1) is 0 Å². The molecule has 0 spiro atoms. The van der Waals surface area contributed by atoms with Gasteiger partial charge in [-0.2, -0.15) is 0 Å². The van der Waals surface area contributed by atoms with Gasteiger partial charge in [-0.3, -0.25) is 4.79 Å². The molecule has 0 aromatic heterocycles. The second kappa shape index (κ2) is 8.11. The molecule has 1 aliphatic heterocycles. The predicted octanol–water partition coefficient (Wildman–Crippen LogP) is 3.93. The largest absolute Gasteiger partial charge is 0.478 e. The van der Waals surface area contributed by atoms with E-state index < -0.39 is 12.1 Å². The highest BCUT2D eigenvalue weighted by atomic mass is 35.5. The molecule has 2 aromatic carbocycles.